The van der Waals surface area contributed by atoms with Gasteiger partial charge in [-0.05, 0) is 5.56 Å². The molecule has 0 heterocycles. The highest BCUT2D eigenvalue weighted by Crippen LogP contribution is 2.15. The number of hydrogen-bond donors (Lipinski definition) is 2. The van der Waals surface area contributed by atoms with E-state index in [9.17, 15) is 4.79 Å². The zero-order valence-electron chi connectivity index (χ0n) is 7.73. The number of nitrogens with two attached hydrogens (primary N) is 1. The Labute approximate surface area is 83.3 Å². The molecule has 0 spiro atoms. The number of carbonyl (C=O) groups excluding carboxylic acids is 1. The van der Waals surface area contributed by atoms with Crippen LogP contribution in [0.5, 0.6) is 0 Å². The summed E-state index contributed by atoms with van der Waals surface area (Å²) in [6.45, 7) is 0. The molecule has 1 rings (SSSR count). The predicted molar refractivity (Wildman–Crippen MR) is 55.4 cm³/mol. The fourth-order valence-corrected chi connectivity index (χ4v) is 1.23. The third-order valence-electron chi connectivity index (χ3n) is 1.84. The quantitative estimate of drug-likeness (QED) is 0.692. The van der Waals surface area contributed by atoms with Crippen LogP contribution in [0.4, 0.5) is 4.79 Å². The second-order valence-corrected chi connectivity index (χ2v) is 2.88. The number of primary amides is 1. The highest BCUT2D eigenvalue weighted by molar-refractivity contribution is 5.72. The minimum atomic E-state index is -0.561. The van der Waals surface area contributed by atoms with Gasteiger partial charge < -0.3 is 11.1 Å². The van der Waals surface area contributed by atoms with Crippen LogP contribution in [-0.4, -0.2) is 6.03 Å². The maximum absolute atomic E-state index is 10.7. The molecule has 0 aliphatic carbocycles. The minimum Gasteiger partial charge on any atom is -0.352 e. The first-order valence-corrected chi connectivity index (χ1v) is 4.28. The third kappa shape index (κ3) is 2.83. The van der Waals surface area contributed by atoms with E-state index in [4.69, 9.17) is 12.2 Å². The van der Waals surface area contributed by atoms with Crippen molar-refractivity contribution in [2.24, 2.45) is 5.73 Å². The molecule has 1 aromatic carbocycles. The van der Waals surface area contributed by atoms with Gasteiger partial charge in [0.15, 0.2) is 0 Å². The average molecular weight is 188 g/mol. The molecule has 0 fully saturated rings. The highest BCUT2D eigenvalue weighted by atomic mass is 16.2. The van der Waals surface area contributed by atoms with Crippen LogP contribution in [0.25, 0.3) is 0 Å². The van der Waals surface area contributed by atoms with Crippen molar-refractivity contribution in [1.29, 1.82) is 0 Å². The van der Waals surface area contributed by atoms with Crippen LogP contribution >= 0.6 is 0 Å². The normalized spacial score (nSPS) is 11.4. The summed E-state index contributed by atoms with van der Waals surface area (Å²) in [7, 11) is 0. The SMILES string of the molecule is C#CC[C@@H](NC(N)=O)c1ccccc1. The lowest BCUT2D eigenvalue weighted by atomic mass is 10.0. The van der Waals surface area contributed by atoms with Crippen molar-refractivity contribution in [3.63, 3.8) is 0 Å². The molecule has 0 saturated carbocycles. The number of carbonyl (C=O) groups is 1. The molecule has 72 valence electrons. The van der Waals surface area contributed by atoms with Crippen LogP contribution < -0.4 is 11.1 Å². The van der Waals surface area contributed by atoms with Crippen LogP contribution in [0.1, 0.15) is 18.0 Å². The number of amides is 2. The Bertz CT molecular complexity index is 340. The van der Waals surface area contributed by atoms with E-state index >= 15 is 0 Å². The summed E-state index contributed by atoms with van der Waals surface area (Å²) >= 11 is 0. The monoisotopic (exact) mass is 188 g/mol. The summed E-state index contributed by atoms with van der Waals surface area (Å²) < 4.78 is 0. The second-order valence-electron chi connectivity index (χ2n) is 2.88. The van der Waals surface area contributed by atoms with Crippen LogP contribution in [0, 0.1) is 12.3 Å². The van der Waals surface area contributed by atoms with Gasteiger partial charge in [0.05, 0.1) is 6.04 Å². The van der Waals surface area contributed by atoms with Gasteiger partial charge in [0.1, 0.15) is 0 Å². The van der Waals surface area contributed by atoms with Gasteiger partial charge in [0.25, 0.3) is 0 Å². The Kier molecular flexibility index (Phi) is 3.57. The maximum Gasteiger partial charge on any atom is 0.312 e. The van der Waals surface area contributed by atoms with Gasteiger partial charge in [-0.15, -0.1) is 12.3 Å². The van der Waals surface area contributed by atoms with Crippen molar-refractivity contribution in [2.75, 3.05) is 0 Å². The minimum absolute atomic E-state index is 0.196. The van der Waals surface area contributed by atoms with E-state index in [1.807, 2.05) is 30.3 Å². The molecule has 3 N–H and O–H groups in total. The second kappa shape index (κ2) is 4.93. The highest BCUT2D eigenvalue weighted by Gasteiger charge is 2.10. The van der Waals surface area contributed by atoms with Crippen LogP contribution in [0.2, 0.25) is 0 Å². The molecular formula is C11H12N2O. The smallest absolute Gasteiger partial charge is 0.312 e. The Hall–Kier alpha value is -1.95. The Balaban J connectivity index is 2.78. The van der Waals surface area contributed by atoms with E-state index in [-0.39, 0.29) is 6.04 Å². The molecule has 3 heteroatoms. The summed E-state index contributed by atoms with van der Waals surface area (Å²) in [6.07, 6.45) is 5.64. The van der Waals surface area contributed by atoms with Gasteiger partial charge in [-0.25, -0.2) is 4.79 Å². The van der Waals surface area contributed by atoms with Crippen LogP contribution in [0.3, 0.4) is 0 Å². The van der Waals surface area contributed by atoms with E-state index in [0.717, 1.165) is 5.56 Å². The number of benzene rings is 1. The molecule has 0 radical (unpaired) electrons. The average Bonchev–Trinajstić information content (AvgIpc) is 2.18. The molecule has 2 amide bonds. The standard InChI is InChI=1S/C11H12N2O/c1-2-6-10(13-11(12)14)9-7-4-3-5-8-9/h1,3-5,7-8,10H,6H2,(H3,12,13,14)/t10-/m1/s1. The lowest BCUT2D eigenvalue weighted by molar-refractivity contribution is 0.245. The van der Waals surface area contributed by atoms with Gasteiger partial charge in [-0.3, -0.25) is 0 Å². The van der Waals surface area contributed by atoms with Gasteiger partial charge in [-0.1, -0.05) is 30.3 Å². The van der Waals surface area contributed by atoms with E-state index in [2.05, 4.69) is 11.2 Å². The summed E-state index contributed by atoms with van der Waals surface area (Å²) in [6, 6.07) is 8.73. The molecule has 0 bridgehead atoms. The predicted octanol–water partition coefficient (Wildman–Crippen LogP) is 1.42. The van der Waals surface area contributed by atoms with E-state index in [1.165, 1.54) is 0 Å². The van der Waals surface area contributed by atoms with Crippen molar-refractivity contribution in [3.8, 4) is 12.3 Å². The van der Waals surface area contributed by atoms with E-state index in [1.54, 1.807) is 0 Å². The fourth-order valence-electron chi connectivity index (χ4n) is 1.23. The summed E-state index contributed by atoms with van der Waals surface area (Å²) in [5.41, 5.74) is 6.00. The number of terminal acetylenes is 1. The largest absolute Gasteiger partial charge is 0.352 e. The molecule has 0 saturated heterocycles. The summed E-state index contributed by atoms with van der Waals surface area (Å²) in [4.78, 5) is 10.7. The fraction of sp³-hybridized carbons (Fsp3) is 0.182. The molecule has 14 heavy (non-hydrogen) atoms. The molecule has 1 atom stereocenters. The Morgan fingerprint density at radius 2 is 2.14 bits per heavy atom. The van der Waals surface area contributed by atoms with Gasteiger partial charge in [0, 0.05) is 6.42 Å². The molecular weight excluding hydrogens is 176 g/mol. The molecule has 0 aliphatic heterocycles. The number of hydrogen-bond acceptors (Lipinski definition) is 1. The van der Waals surface area contributed by atoms with Crippen LogP contribution in [-0.2, 0) is 0 Å². The Morgan fingerprint density at radius 1 is 1.50 bits per heavy atom. The van der Waals surface area contributed by atoms with Gasteiger partial charge in [0.2, 0.25) is 0 Å². The van der Waals surface area contributed by atoms with Crippen molar-refractivity contribution >= 4 is 6.03 Å². The molecule has 0 aromatic heterocycles. The first-order chi connectivity index (χ1) is 6.74. The molecule has 0 unspecified atom stereocenters. The molecule has 0 aliphatic rings. The summed E-state index contributed by atoms with van der Waals surface area (Å²) in [5, 5.41) is 2.59. The maximum atomic E-state index is 10.7. The molecule has 3 nitrogen and oxygen atoms in total. The van der Waals surface area contributed by atoms with Crippen molar-refractivity contribution in [2.45, 2.75) is 12.5 Å². The van der Waals surface area contributed by atoms with Gasteiger partial charge >= 0.3 is 6.03 Å². The zero-order valence-corrected chi connectivity index (χ0v) is 7.73. The number of rotatable bonds is 3. The Morgan fingerprint density at radius 3 is 2.64 bits per heavy atom. The molecule has 1 aromatic rings. The summed E-state index contributed by atoms with van der Waals surface area (Å²) in [5.74, 6) is 2.50. The van der Waals surface area contributed by atoms with E-state index < -0.39 is 6.03 Å². The zero-order chi connectivity index (χ0) is 10.4. The number of nitrogens with one attached hydrogen (secondary N) is 1. The number of urea groups is 1. The van der Waals surface area contributed by atoms with E-state index in [0.29, 0.717) is 6.42 Å². The lowest BCUT2D eigenvalue weighted by Gasteiger charge is -2.14. The third-order valence-corrected chi connectivity index (χ3v) is 1.84. The topological polar surface area (TPSA) is 55.1 Å². The first-order valence-electron chi connectivity index (χ1n) is 4.28. The van der Waals surface area contributed by atoms with Gasteiger partial charge in [-0.2, -0.15) is 0 Å². The van der Waals surface area contributed by atoms with Crippen molar-refractivity contribution in [3.05, 3.63) is 35.9 Å². The van der Waals surface area contributed by atoms with Crippen molar-refractivity contribution < 1.29 is 4.79 Å². The first kappa shape index (κ1) is 10.1. The lowest BCUT2D eigenvalue weighted by Crippen LogP contribution is -2.33. The van der Waals surface area contributed by atoms with Crippen LogP contribution in [0.15, 0.2) is 30.3 Å². The van der Waals surface area contributed by atoms with Crippen molar-refractivity contribution in [1.82, 2.24) is 5.32 Å².